The van der Waals surface area contributed by atoms with Crippen molar-refractivity contribution in [2.24, 2.45) is 0 Å². The Bertz CT molecular complexity index is 479. The minimum atomic E-state index is -0.439. The molecule has 0 fully saturated rings. The van der Waals surface area contributed by atoms with Crippen molar-refractivity contribution in [2.45, 2.75) is 13.8 Å². The standard InChI is InChI=1S/C12H15IN2O4/c1-3-14(8-12(16)19-4-2)10-6-5-9(13)7-11(10)15(17)18/h5-7H,3-4,8H2,1-2H3. The molecule has 0 atom stereocenters. The lowest BCUT2D eigenvalue weighted by atomic mass is 10.2. The largest absolute Gasteiger partial charge is 0.465 e. The molecule has 1 aromatic carbocycles. The van der Waals surface area contributed by atoms with Crippen molar-refractivity contribution in [1.29, 1.82) is 0 Å². The highest BCUT2D eigenvalue weighted by Crippen LogP contribution is 2.29. The highest BCUT2D eigenvalue weighted by Gasteiger charge is 2.21. The maximum Gasteiger partial charge on any atom is 0.325 e. The van der Waals surface area contributed by atoms with E-state index >= 15 is 0 Å². The molecule has 0 aliphatic heterocycles. The van der Waals surface area contributed by atoms with Crippen molar-refractivity contribution >= 4 is 39.9 Å². The van der Waals surface area contributed by atoms with Gasteiger partial charge in [0, 0.05) is 16.2 Å². The van der Waals surface area contributed by atoms with Gasteiger partial charge in [-0.05, 0) is 48.6 Å². The Labute approximate surface area is 125 Å². The van der Waals surface area contributed by atoms with Gasteiger partial charge in [-0.3, -0.25) is 14.9 Å². The number of hydrogen-bond acceptors (Lipinski definition) is 5. The maximum absolute atomic E-state index is 11.5. The van der Waals surface area contributed by atoms with Gasteiger partial charge in [0.25, 0.3) is 5.69 Å². The molecule has 0 bridgehead atoms. The van der Waals surface area contributed by atoms with E-state index in [1.54, 1.807) is 24.0 Å². The Hall–Kier alpha value is -1.38. The van der Waals surface area contributed by atoms with Crippen molar-refractivity contribution < 1.29 is 14.5 Å². The lowest BCUT2D eigenvalue weighted by molar-refractivity contribution is -0.384. The van der Waals surface area contributed by atoms with E-state index in [2.05, 4.69) is 0 Å². The fourth-order valence-corrected chi connectivity index (χ4v) is 2.11. The van der Waals surface area contributed by atoms with Crippen LogP contribution < -0.4 is 4.90 Å². The molecule has 0 radical (unpaired) electrons. The number of esters is 1. The Kier molecular flexibility index (Phi) is 6.00. The Morgan fingerprint density at radius 3 is 2.68 bits per heavy atom. The fraction of sp³-hybridized carbons (Fsp3) is 0.417. The number of anilines is 1. The van der Waals surface area contributed by atoms with Crippen LogP contribution in [0, 0.1) is 13.7 Å². The van der Waals surface area contributed by atoms with Crippen LogP contribution in [0.3, 0.4) is 0 Å². The van der Waals surface area contributed by atoms with Crippen molar-refractivity contribution in [3.05, 3.63) is 31.9 Å². The third-order valence-corrected chi connectivity index (χ3v) is 3.15. The molecule has 0 N–H and O–H groups in total. The quantitative estimate of drug-likeness (QED) is 0.329. The van der Waals surface area contributed by atoms with E-state index < -0.39 is 10.9 Å². The number of carbonyl (C=O) groups is 1. The maximum atomic E-state index is 11.5. The summed E-state index contributed by atoms with van der Waals surface area (Å²) in [4.78, 5) is 23.8. The molecular formula is C12H15IN2O4. The van der Waals surface area contributed by atoms with Gasteiger partial charge in [0.05, 0.1) is 11.5 Å². The third kappa shape index (κ3) is 4.34. The number of ether oxygens (including phenoxy) is 1. The van der Waals surface area contributed by atoms with E-state index in [0.29, 0.717) is 18.8 Å². The average molecular weight is 378 g/mol. The molecule has 1 aromatic rings. The second-order valence-corrected chi connectivity index (χ2v) is 4.95. The number of likely N-dealkylation sites (N-methyl/N-ethyl adjacent to an activating group) is 1. The molecule has 0 heterocycles. The zero-order chi connectivity index (χ0) is 14.4. The van der Waals surface area contributed by atoms with Crippen molar-refractivity contribution in [3.63, 3.8) is 0 Å². The van der Waals surface area contributed by atoms with Gasteiger partial charge in [-0.15, -0.1) is 0 Å². The zero-order valence-electron chi connectivity index (χ0n) is 10.8. The second kappa shape index (κ2) is 7.27. The van der Waals surface area contributed by atoms with Crippen LogP contribution in [0.25, 0.3) is 0 Å². The van der Waals surface area contributed by atoms with Gasteiger partial charge in [-0.25, -0.2) is 0 Å². The molecule has 0 saturated heterocycles. The molecule has 0 spiro atoms. The third-order valence-electron chi connectivity index (χ3n) is 2.48. The lowest BCUT2D eigenvalue weighted by Crippen LogP contribution is -2.31. The van der Waals surface area contributed by atoms with Gasteiger partial charge in [-0.1, -0.05) is 0 Å². The van der Waals surface area contributed by atoms with Crippen molar-refractivity contribution in [2.75, 3.05) is 24.6 Å². The molecule has 104 valence electrons. The fourth-order valence-electron chi connectivity index (χ4n) is 1.64. The van der Waals surface area contributed by atoms with E-state index in [1.165, 1.54) is 6.07 Å². The van der Waals surface area contributed by atoms with Crippen molar-refractivity contribution in [1.82, 2.24) is 0 Å². The predicted octanol–water partition coefficient (Wildman–Crippen LogP) is 2.59. The van der Waals surface area contributed by atoms with Crippen LogP contribution in [0.4, 0.5) is 11.4 Å². The molecule has 19 heavy (non-hydrogen) atoms. The number of carbonyl (C=O) groups excluding carboxylic acids is 1. The van der Waals surface area contributed by atoms with Crippen LogP contribution in [-0.2, 0) is 9.53 Å². The van der Waals surface area contributed by atoms with Gasteiger partial charge in [-0.2, -0.15) is 0 Å². The first-order valence-electron chi connectivity index (χ1n) is 5.84. The summed E-state index contributed by atoms with van der Waals surface area (Å²) in [5.41, 5.74) is 0.430. The Morgan fingerprint density at radius 1 is 1.47 bits per heavy atom. The molecule has 0 aliphatic carbocycles. The summed E-state index contributed by atoms with van der Waals surface area (Å²) >= 11 is 2.02. The van der Waals surface area contributed by atoms with E-state index in [9.17, 15) is 14.9 Å². The first kappa shape index (κ1) is 15.7. The molecule has 7 heteroatoms. The van der Waals surface area contributed by atoms with Crippen LogP contribution in [0.1, 0.15) is 13.8 Å². The highest BCUT2D eigenvalue weighted by molar-refractivity contribution is 14.1. The Balaban J connectivity index is 3.04. The minimum absolute atomic E-state index is 0.00181. The lowest BCUT2D eigenvalue weighted by Gasteiger charge is -2.21. The summed E-state index contributed by atoms with van der Waals surface area (Å²) in [5.74, 6) is -0.391. The Morgan fingerprint density at radius 2 is 2.16 bits per heavy atom. The first-order chi connectivity index (χ1) is 8.99. The van der Waals surface area contributed by atoms with E-state index in [-0.39, 0.29) is 12.2 Å². The van der Waals surface area contributed by atoms with E-state index in [0.717, 1.165) is 3.57 Å². The number of rotatable bonds is 6. The van der Waals surface area contributed by atoms with Crippen LogP contribution in [0.15, 0.2) is 18.2 Å². The average Bonchev–Trinajstić information content (AvgIpc) is 2.36. The number of nitro benzene ring substituents is 1. The van der Waals surface area contributed by atoms with Gasteiger partial charge >= 0.3 is 5.97 Å². The molecule has 0 aromatic heterocycles. The molecule has 0 aliphatic rings. The highest BCUT2D eigenvalue weighted by atomic mass is 127. The van der Waals surface area contributed by atoms with Crippen LogP contribution in [0.5, 0.6) is 0 Å². The minimum Gasteiger partial charge on any atom is -0.465 e. The van der Waals surface area contributed by atoms with E-state index in [1.807, 2.05) is 29.5 Å². The summed E-state index contributed by atoms with van der Waals surface area (Å²) in [5, 5.41) is 11.1. The van der Waals surface area contributed by atoms with E-state index in [4.69, 9.17) is 4.74 Å². The van der Waals surface area contributed by atoms with Crippen LogP contribution >= 0.6 is 22.6 Å². The normalized spacial score (nSPS) is 10.1. The van der Waals surface area contributed by atoms with Gasteiger partial charge < -0.3 is 9.64 Å². The van der Waals surface area contributed by atoms with Gasteiger partial charge in [0.1, 0.15) is 12.2 Å². The summed E-state index contributed by atoms with van der Waals surface area (Å²) in [6, 6.07) is 4.92. The number of halogens is 1. The molecule has 0 unspecified atom stereocenters. The molecule has 0 amide bonds. The zero-order valence-corrected chi connectivity index (χ0v) is 12.9. The molecular weight excluding hydrogens is 363 g/mol. The number of benzene rings is 1. The molecule has 6 nitrogen and oxygen atoms in total. The summed E-state index contributed by atoms with van der Waals surface area (Å²) in [6.45, 7) is 4.35. The predicted molar refractivity (Wildman–Crippen MR) is 80.3 cm³/mol. The summed E-state index contributed by atoms with van der Waals surface area (Å²) in [6.07, 6.45) is 0. The topological polar surface area (TPSA) is 72.7 Å². The summed E-state index contributed by atoms with van der Waals surface area (Å²) in [7, 11) is 0. The SMILES string of the molecule is CCOC(=O)CN(CC)c1ccc(I)cc1[N+](=O)[O-]. The first-order valence-corrected chi connectivity index (χ1v) is 6.92. The number of hydrogen-bond donors (Lipinski definition) is 0. The van der Waals surface area contributed by atoms with Crippen LogP contribution in [0.2, 0.25) is 0 Å². The number of nitrogens with zero attached hydrogens (tertiary/aromatic N) is 2. The molecule has 1 rings (SSSR count). The number of nitro groups is 1. The summed E-state index contributed by atoms with van der Waals surface area (Å²) < 4.78 is 5.65. The second-order valence-electron chi connectivity index (χ2n) is 3.71. The van der Waals surface area contributed by atoms with Crippen molar-refractivity contribution in [3.8, 4) is 0 Å². The monoisotopic (exact) mass is 378 g/mol. The smallest absolute Gasteiger partial charge is 0.325 e. The van der Waals surface area contributed by atoms with Gasteiger partial charge in [0.15, 0.2) is 0 Å². The van der Waals surface area contributed by atoms with Crippen LogP contribution in [-0.4, -0.2) is 30.6 Å². The molecule has 0 saturated carbocycles. The van der Waals surface area contributed by atoms with Gasteiger partial charge in [0.2, 0.25) is 0 Å².